The fraction of sp³-hybridized carbons (Fsp3) is 0.105. The molecule has 0 aliphatic rings. The molecular weight excluding hydrogens is 362 g/mol. The minimum Gasteiger partial charge on any atom is -0.465 e. The molecule has 4 rings (SSSR count). The van der Waals surface area contributed by atoms with Gasteiger partial charge in [-0.2, -0.15) is 0 Å². The maximum Gasteiger partial charge on any atom is 0.352 e. The number of carbonyl (C=O) groups is 2. The molecule has 0 saturated carbocycles. The lowest BCUT2D eigenvalue weighted by Crippen LogP contribution is -2.28. The number of benzene rings is 2. The number of nitrogens with zero attached hydrogens (tertiary/aromatic N) is 4. The third-order valence-electron chi connectivity index (χ3n) is 4.21. The van der Waals surface area contributed by atoms with Crippen molar-refractivity contribution in [3.05, 3.63) is 70.9 Å². The van der Waals surface area contributed by atoms with Gasteiger partial charge in [-0.15, -0.1) is 5.10 Å². The second-order valence-electron chi connectivity index (χ2n) is 6.01. The summed E-state index contributed by atoms with van der Waals surface area (Å²) in [6, 6.07) is 13.5. The zero-order valence-corrected chi connectivity index (χ0v) is 14.8. The van der Waals surface area contributed by atoms with Gasteiger partial charge in [0.25, 0.3) is 0 Å². The van der Waals surface area contributed by atoms with Crippen LogP contribution < -0.4 is 11.0 Å². The van der Waals surface area contributed by atoms with E-state index in [9.17, 15) is 14.4 Å². The Morgan fingerprint density at radius 3 is 2.61 bits per heavy atom. The van der Waals surface area contributed by atoms with E-state index in [1.165, 1.54) is 30.0 Å². The minimum absolute atomic E-state index is 0.256. The molecule has 4 aromatic rings. The van der Waals surface area contributed by atoms with Gasteiger partial charge >= 0.3 is 11.7 Å². The van der Waals surface area contributed by atoms with Gasteiger partial charge in [0.1, 0.15) is 12.9 Å². The van der Waals surface area contributed by atoms with Crippen molar-refractivity contribution in [1.29, 1.82) is 0 Å². The number of fused-ring (bicyclic) bond motifs is 3. The van der Waals surface area contributed by atoms with Crippen molar-refractivity contribution in [2.24, 2.45) is 0 Å². The molecule has 2 aromatic heterocycles. The quantitative estimate of drug-likeness (QED) is 0.540. The van der Waals surface area contributed by atoms with Crippen molar-refractivity contribution in [1.82, 2.24) is 19.2 Å². The van der Waals surface area contributed by atoms with E-state index in [0.717, 1.165) is 10.1 Å². The fourth-order valence-electron chi connectivity index (χ4n) is 2.85. The normalized spacial score (nSPS) is 10.9. The van der Waals surface area contributed by atoms with Crippen LogP contribution in [0, 0.1) is 0 Å². The second kappa shape index (κ2) is 6.95. The monoisotopic (exact) mass is 377 g/mol. The first-order valence-corrected chi connectivity index (χ1v) is 8.38. The Hall–Kier alpha value is -4.01. The van der Waals surface area contributed by atoms with Crippen LogP contribution in [0.5, 0.6) is 0 Å². The standard InChI is InChI=1S/C19H15N5O4/c1-28-18(26)12-6-8-13(9-7-12)21-16(25)10-24-19(27)23-11-20-15-5-3-2-4-14(15)17(23)22-24/h2-9,11H,10H2,1H3,(H,21,25). The highest BCUT2D eigenvalue weighted by atomic mass is 16.5. The number of hydrogen-bond donors (Lipinski definition) is 1. The Morgan fingerprint density at radius 1 is 1.11 bits per heavy atom. The molecule has 140 valence electrons. The lowest BCUT2D eigenvalue weighted by atomic mass is 10.2. The minimum atomic E-state index is -0.463. The van der Waals surface area contributed by atoms with Crippen LogP contribution in [-0.4, -0.2) is 38.2 Å². The van der Waals surface area contributed by atoms with E-state index in [2.05, 4.69) is 20.1 Å². The summed E-state index contributed by atoms with van der Waals surface area (Å²) in [5.74, 6) is -0.886. The number of amides is 1. The highest BCUT2D eigenvalue weighted by Gasteiger charge is 2.14. The predicted molar refractivity (Wildman–Crippen MR) is 101 cm³/mol. The Labute approximate surface area is 158 Å². The number of para-hydroxylation sites is 1. The Morgan fingerprint density at radius 2 is 1.86 bits per heavy atom. The first-order chi connectivity index (χ1) is 13.6. The Kier molecular flexibility index (Phi) is 4.32. The molecule has 0 saturated heterocycles. The van der Waals surface area contributed by atoms with Gasteiger partial charge in [-0.25, -0.2) is 23.7 Å². The number of ether oxygens (including phenoxy) is 1. The number of aromatic nitrogens is 4. The van der Waals surface area contributed by atoms with E-state index in [1.807, 2.05) is 24.3 Å². The molecule has 0 atom stereocenters. The summed E-state index contributed by atoms with van der Waals surface area (Å²) in [5.41, 5.74) is 1.55. The summed E-state index contributed by atoms with van der Waals surface area (Å²) in [6.45, 7) is -0.256. The van der Waals surface area contributed by atoms with Crippen LogP contribution in [0.4, 0.5) is 5.69 Å². The van der Waals surface area contributed by atoms with Crippen molar-refractivity contribution in [3.8, 4) is 0 Å². The van der Waals surface area contributed by atoms with Crippen LogP contribution in [0.2, 0.25) is 0 Å². The van der Waals surface area contributed by atoms with Gasteiger partial charge in [-0.3, -0.25) is 4.79 Å². The molecule has 1 amide bonds. The number of carbonyl (C=O) groups excluding carboxylic acids is 2. The van der Waals surface area contributed by atoms with Gasteiger partial charge in [0.15, 0.2) is 5.65 Å². The summed E-state index contributed by atoms with van der Waals surface area (Å²) in [6.07, 6.45) is 1.40. The molecule has 2 heterocycles. The molecule has 0 unspecified atom stereocenters. The van der Waals surface area contributed by atoms with Crippen molar-refractivity contribution in [3.63, 3.8) is 0 Å². The van der Waals surface area contributed by atoms with E-state index in [-0.39, 0.29) is 6.54 Å². The summed E-state index contributed by atoms with van der Waals surface area (Å²) in [5, 5.41) is 7.67. The average molecular weight is 377 g/mol. The number of hydrogen-bond acceptors (Lipinski definition) is 6. The van der Waals surface area contributed by atoms with Crippen LogP contribution in [0.15, 0.2) is 59.7 Å². The van der Waals surface area contributed by atoms with E-state index >= 15 is 0 Å². The molecule has 0 radical (unpaired) electrons. The van der Waals surface area contributed by atoms with Gasteiger partial charge in [-0.1, -0.05) is 12.1 Å². The van der Waals surface area contributed by atoms with Crippen LogP contribution in [0.1, 0.15) is 10.4 Å². The molecule has 9 nitrogen and oxygen atoms in total. The lowest BCUT2D eigenvalue weighted by Gasteiger charge is -2.05. The van der Waals surface area contributed by atoms with Crippen LogP contribution in [0.3, 0.4) is 0 Å². The number of methoxy groups -OCH3 is 1. The van der Waals surface area contributed by atoms with E-state index in [4.69, 9.17) is 0 Å². The third kappa shape index (κ3) is 3.09. The van der Waals surface area contributed by atoms with Crippen molar-refractivity contribution in [2.75, 3.05) is 12.4 Å². The number of rotatable bonds is 4. The maximum absolute atomic E-state index is 12.5. The van der Waals surface area contributed by atoms with Crippen LogP contribution in [0.25, 0.3) is 16.6 Å². The van der Waals surface area contributed by atoms with Gasteiger partial charge in [0.2, 0.25) is 5.91 Å². The highest BCUT2D eigenvalue weighted by molar-refractivity contribution is 5.93. The van der Waals surface area contributed by atoms with Crippen molar-refractivity contribution in [2.45, 2.75) is 6.54 Å². The molecule has 0 bridgehead atoms. The first kappa shape index (κ1) is 17.4. The Bertz CT molecular complexity index is 1260. The fourth-order valence-corrected chi connectivity index (χ4v) is 2.85. The molecule has 0 aliphatic heterocycles. The average Bonchev–Trinajstić information content (AvgIpc) is 3.03. The third-order valence-corrected chi connectivity index (χ3v) is 4.21. The largest absolute Gasteiger partial charge is 0.465 e. The van der Waals surface area contributed by atoms with Crippen LogP contribution in [-0.2, 0) is 16.1 Å². The molecule has 9 heteroatoms. The van der Waals surface area contributed by atoms with E-state index in [1.54, 1.807) is 12.1 Å². The zero-order chi connectivity index (χ0) is 19.7. The van der Waals surface area contributed by atoms with Crippen molar-refractivity contribution < 1.29 is 14.3 Å². The van der Waals surface area contributed by atoms with Gasteiger partial charge < -0.3 is 10.1 Å². The van der Waals surface area contributed by atoms with E-state index in [0.29, 0.717) is 22.4 Å². The molecule has 0 aliphatic carbocycles. The lowest BCUT2D eigenvalue weighted by molar-refractivity contribution is -0.117. The summed E-state index contributed by atoms with van der Waals surface area (Å²) in [4.78, 5) is 40.5. The van der Waals surface area contributed by atoms with Gasteiger partial charge in [0, 0.05) is 11.1 Å². The molecule has 2 aromatic carbocycles. The number of esters is 1. The molecule has 28 heavy (non-hydrogen) atoms. The van der Waals surface area contributed by atoms with Gasteiger partial charge in [-0.05, 0) is 36.4 Å². The van der Waals surface area contributed by atoms with Crippen molar-refractivity contribution >= 4 is 34.1 Å². The summed E-state index contributed by atoms with van der Waals surface area (Å²) < 4.78 is 7.02. The van der Waals surface area contributed by atoms with Crippen LogP contribution >= 0.6 is 0 Å². The SMILES string of the molecule is COC(=O)c1ccc(NC(=O)Cn2nc3c4ccccc4ncn3c2=O)cc1. The number of nitrogens with one attached hydrogen (secondary N) is 1. The summed E-state index contributed by atoms with van der Waals surface area (Å²) >= 11 is 0. The summed E-state index contributed by atoms with van der Waals surface area (Å²) in [7, 11) is 1.29. The molecular formula is C19H15N5O4. The topological polar surface area (TPSA) is 108 Å². The molecule has 0 spiro atoms. The first-order valence-electron chi connectivity index (χ1n) is 8.38. The second-order valence-corrected chi connectivity index (χ2v) is 6.01. The van der Waals surface area contributed by atoms with E-state index < -0.39 is 17.6 Å². The molecule has 0 fully saturated rings. The number of anilines is 1. The zero-order valence-electron chi connectivity index (χ0n) is 14.8. The van der Waals surface area contributed by atoms with Gasteiger partial charge in [0.05, 0.1) is 18.2 Å². The highest BCUT2D eigenvalue weighted by Crippen LogP contribution is 2.14. The Balaban J connectivity index is 1.57. The maximum atomic E-state index is 12.5. The molecule has 1 N–H and O–H groups in total. The predicted octanol–water partition coefficient (Wildman–Crippen LogP) is 1.47. The smallest absolute Gasteiger partial charge is 0.352 e.